The van der Waals surface area contributed by atoms with Crippen molar-refractivity contribution in [3.8, 4) is 17.3 Å². The lowest BCUT2D eigenvalue weighted by molar-refractivity contribution is -0.114. The van der Waals surface area contributed by atoms with Crippen molar-refractivity contribution < 1.29 is 9.53 Å². The van der Waals surface area contributed by atoms with Gasteiger partial charge in [-0.2, -0.15) is 15.0 Å². The van der Waals surface area contributed by atoms with E-state index in [-0.39, 0.29) is 5.91 Å². The lowest BCUT2D eigenvalue weighted by Gasteiger charge is -2.27. The molecule has 9 heteroatoms. The van der Waals surface area contributed by atoms with Gasteiger partial charge in [0.05, 0.1) is 13.2 Å². The summed E-state index contributed by atoms with van der Waals surface area (Å²) in [5.74, 6) is 2.30. The van der Waals surface area contributed by atoms with Gasteiger partial charge >= 0.3 is 0 Å². The summed E-state index contributed by atoms with van der Waals surface area (Å²) in [6.07, 6.45) is 3.54. The Balaban J connectivity index is 1.80. The zero-order valence-corrected chi connectivity index (χ0v) is 15.8. The number of morpholine rings is 1. The number of nitrogens with one attached hydrogen (secondary N) is 1. The number of aryl methyl sites for hydroxylation is 1. The van der Waals surface area contributed by atoms with Crippen LogP contribution in [-0.2, 0) is 9.53 Å². The highest BCUT2D eigenvalue weighted by molar-refractivity contribution is 5.89. The Kier molecular flexibility index (Phi) is 4.98. The molecule has 0 atom stereocenters. The van der Waals surface area contributed by atoms with Crippen LogP contribution in [0.5, 0.6) is 0 Å². The number of nitrogens with zero attached hydrogens (tertiary/aromatic N) is 6. The highest BCUT2D eigenvalue weighted by atomic mass is 16.5. The summed E-state index contributed by atoms with van der Waals surface area (Å²) < 4.78 is 7.27. The maximum Gasteiger partial charge on any atom is 0.240 e. The van der Waals surface area contributed by atoms with Crippen LogP contribution in [0.1, 0.15) is 12.7 Å². The Morgan fingerprint density at radius 2 is 1.93 bits per heavy atom. The van der Waals surface area contributed by atoms with Crippen LogP contribution in [0.15, 0.2) is 36.7 Å². The molecule has 0 radical (unpaired) electrons. The third-order valence-corrected chi connectivity index (χ3v) is 4.39. The lowest BCUT2D eigenvalue weighted by atomic mass is 10.2. The number of hydrogen-bond acceptors (Lipinski definition) is 7. The molecule has 0 saturated carbocycles. The number of anilines is 2. The third-order valence-electron chi connectivity index (χ3n) is 4.39. The van der Waals surface area contributed by atoms with E-state index in [4.69, 9.17) is 4.74 Å². The van der Waals surface area contributed by atoms with Crippen molar-refractivity contribution in [2.45, 2.75) is 13.8 Å². The van der Waals surface area contributed by atoms with E-state index in [1.807, 2.05) is 42.0 Å². The second kappa shape index (κ2) is 7.73. The minimum atomic E-state index is -0.128. The van der Waals surface area contributed by atoms with Gasteiger partial charge in [-0.05, 0) is 19.1 Å². The smallest absolute Gasteiger partial charge is 0.240 e. The second-order valence-electron chi connectivity index (χ2n) is 6.46. The number of amides is 1. The molecule has 0 aliphatic carbocycles. The quantitative estimate of drug-likeness (QED) is 0.738. The molecule has 1 aliphatic rings. The average molecular weight is 379 g/mol. The van der Waals surface area contributed by atoms with Gasteiger partial charge in [0.2, 0.25) is 17.8 Å². The van der Waals surface area contributed by atoms with Gasteiger partial charge in [-0.3, -0.25) is 9.36 Å². The van der Waals surface area contributed by atoms with E-state index in [0.29, 0.717) is 36.6 Å². The highest BCUT2D eigenvalue weighted by Crippen LogP contribution is 2.23. The number of carbonyl (C=O) groups excluding carboxylic acids is 1. The largest absolute Gasteiger partial charge is 0.378 e. The van der Waals surface area contributed by atoms with Crippen molar-refractivity contribution >= 4 is 17.5 Å². The van der Waals surface area contributed by atoms with Crippen LogP contribution in [-0.4, -0.2) is 56.7 Å². The van der Waals surface area contributed by atoms with E-state index in [0.717, 1.165) is 24.5 Å². The Labute approximate surface area is 162 Å². The van der Waals surface area contributed by atoms with Gasteiger partial charge in [-0.15, -0.1) is 0 Å². The molecule has 0 bridgehead atoms. The number of ether oxygens (including phenoxy) is 1. The van der Waals surface area contributed by atoms with E-state index >= 15 is 0 Å². The fourth-order valence-electron chi connectivity index (χ4n) is 3.02. The van der Waals surface area contributed by atoms with Crippen molar-refractivity contribution in [1.29, 1.82) is 0 Å². The normalized spacial score (nSPS) is 14.1. The van der Waals surface area contributed by atoms with Crippen molar-refractivity contribution in [1.82, 2.24) is 24.5 Å². The first-order valence-electron chi connectivity index (χ1n) is 9.07. The summed E-state index contributed by atoms with van der Waals surface area (Å²) in [5.41, 5.74) is 1.49. The van der Waals surface area contributed by atoms with Crippen LogP contribution < -0.4 is 10.2 Å². The molecular formula is C19H21N7O2. The monoisotopic (exact) mass is 379 g/mol. The van der Waals surface area contributed by atoms with Gasteiger partial charge in [-0.1, -0.05) is 12.1 Å². The van der Waals surface area contributed by atoms with Crippen molar-refractivity contribution in [3.05, 3.63) is 42.5 Å². The predicted molar refractivity (Wildman–Crippen MR) is 104 cm³/mol. The summed E-state index contributed by atoms with van der Waals surface area (Å²) >= 11 is 0. The molecule has 1 aromatic carbocycles. The molecular weight excluding hydrogens is 358 g/mol. The van der Waals surface area contributed by atoms with E-state index in [2.05, 4.69) is 30.2 Å². The first-order valence-corrected chi connectivity index (χ1v) is 9.07. The predicted octanol–water partition coefficient (Wildman–Crippen LogP) is 1.83. The van der Waals surface area contributed by atoms with Crippen LogP contribution in [0.25, 0.3) is 17.3 Å². The average Bonchev–Trinajstić information content (AvgIpc) is 3.14. The molecule has 1 N–H and O–H groups in total. The third kappa shape index (κ3) is 3.84. The van der Waals surface area contributed by atoms with Crippen molar-refractivity contribution in [2.75, 3.05) is 36.5 Å². The van der Waals surface area contributed by atoms with Crippen LogP contribution in [0.3, 0.4) is 0 Å². The van der Waals surface area contributed by atoms with E-state index in [1.54, 1.807) is 6.20 Å². The van der Waals surface area contributed by atoms with Gasteiger partial charge in [0.25, 0.3) is 0 Å². The number of aromatic nitrogens is 5. The Bertz CT molecular complexity index is 995. The first-order chi connectivity index (χ1) is 13.6. The molecule has 1 amide bonds. The van der Waals surface area contributed by atoms with Gasteiger partial charge in [0, 0.05) is 43.7 Å². The molecule has 9 nitrogen and oxygen atoms in total. The van der Waals surface area contributed by atoms with E-state index < -0.39 is 0 Å². The minimum Gasteiger partial charge on any atom is -0.378 e. The van der Waals surface area contributed by atoms with E-state index in [1.165, 1.54) is 6.92 Å². The lowest BCUT2D eigenvalue weighted by Crippen LogP contribution is -2.37. The standard InChI is InChI=1S/C19H21N7O2/c1-13-20-6-7-26(13)19-23-17(15-4-3-5-16(12-15)21-14(2)27)22-18(24-19)25-8-10-28-11-9-25/h3-7,12H,8-11H2,1-2H3,(H,21,27). The molecule has 0 unspecified atom stereocenters. The number of carbonyl (C=O) groups is 1. The molecule has 1 aliphatic heterocycles. The Morgan fingerprint density at radius 3 is 2.64 bits per heavy atom. The van der Waals surface area contributed by atoms with Gasteiger partial charge in [0.1, 0.15) is 5.82 Å². The molecule has 4 rings (SSSR count). The molecule has 0 spiro atoms. The summed E-state index contributed by atoms with van der Waals surface area (Å²) in [5, 5.41) is 2.79. The van der Waals surface area contributed by atoms with E-state index in [9.17, 15) is 4.79 Å². The fourth-order valence-corrected chi connectivity index (χ4v) is 3.02. The molecule has 1 saturated heterocycles. The summed E-state index contributed by atoms with van der Waals surface area (Å²) in [7, 11) is 0. The van der Waals surface area contributed by atoms with Crippen LogP contribution in [0.2, 0.25) is 0 Å². The fraction of sp³-hybridized carbons (Fsp3) is 0.316. The number of imidazole rings is 1. The molecule has 3 aromatic rings. The zero-order valence-electron chi connectivity index (χ0n) is 15.8. The second-order valence-corrected chi connectivity index (χ2v) is 6.46. The minimum absolute atomic E-state index is 0.128. The number of hydrogen-bond donors (Lipinski definition) is 1. The maximum atomic E-state index is 11.4. The Morgan fingerprint density at radius 1 is 1.14 bits per heavy atom. The van der Waals surface area contributed by atoms with Gasteiger partial charge < -0.3 is 15.0 Å². The Hall–Kier alpha value is -3.33. The first kappa shape index (κ1) is 18.1. The number of rotatable bonds is 4. The molecule has 2 aromatic heterocycles. The zero-order chi connectivity index (χ0) is 19.5. The molecule has 28 heavy (non-hydrogen) atoms. The van der Waals surface area contributed by atoms with Gasteiger partial charge in [0.15, 0.2) is 5.82 Å². The van der Waals surface area contributed by atoms with Crippen molar-refractivity contribution in [3.63, 3.8) is 0 Å². The summed E-state index contributed by atoms with van der Waals surface area (Å²) in [4.78, 5) is 31.7. The van der Waals surface area contributed by atoms with Gasteiger partial charge in [-0.25, -0.2) is 4.98 Å². The highest BCUT2D eigenvalue weighted by Gasteiger charge is 2.18. The molecule has 144 valence electrons. The summed E-state index contributed by atoms with van der Waals surface area (Å²) in [6.45, 7) is 6.09. The SMILES string of the molecule is CC(=O)Nc1cccc(-c2nc(N3CCOCC3)nc(-n3ccnc3C)n2)c1. The maximum absolute atomic E-state index is 11.4. The number of benzene rings is 1. The van der Waals surface area contributed by atoms with Crippen LogP contribution in [0.4, 0.5) is 11.6 Å². The van der Waals surface area contributed by atoms with Crippen molar-refractivity contribution in [2.24, 2.45) is 0 Å². The summed E-state index contributed by atoms with van der Waals surface area (Å²) in [6, 6.07) is 7.45. The van der Waals surface area contributed by atoms with Crippen LogP contribution in [0, 0.1) is 6.92 Å². The molecule has 1 fully saturated rings. The van der Waals surface area contributed by atoms with Crippen LogP contribution >= 0.6 is 0 Å². The molecule has 3 heterocycles. The topological polar surface area (TPSA) is 98.1 Å².